The molecule has 92 valence electrons. The SMILES string of the molecule is O=C1N=C2SCCN2C(=O)C1c1ccc(Cl)cc1. The highest BCUT2D eigenvalue weighted by atomic mass is 35.5. The Balaban J connectivity index is 2.00. The van der Waals surface area contributed by atoms with E-state index in [2.05, 4.69) is 4.99 Å². The lowest BCUT2D eigenvalue weighted by Gasteiger charge is -2.25. The zero-order chi connectivity index (χ0) is 12.7. The molecule has 0 aromatic heterocycles. The summed E-state index contributed by atoms with van der Waals surface area (Å²) in [5, 5.41) is 1.12. The summed E-state index contributed by atoms with van der Waals surface area (Å²) in [4.78, 5) is 29.8. The van der Waals surface area contributed by atoms with E-state index in [9.17, 15) is 9.59 Å². The van der Waals surface area contributed by atoms with Crippen LogP contribution < -0.4 is 0 Å². The number of hydrogen-bond acceptors (Lipinski definition) is 3. The molecule has 3 rings (SSSR count). The molecule has 0 spiro atoms. The third kappa shape index (κ3) is 1.83. The van der Waals surface area contributed by atoms with Crippen LogP contribution in [0.25, 0.3) is 0 Å². The van der Waals surface area contributed by atoms with E-state index in [0.717, 1.165) is 5.75 Å². The summed E-state index contributed by atoms with van der Waals surface area (Å²) >= 11 is 7.25. The Morgan fingerprint density at radius 1 is 1.28 bits per heavy atom. The maximum absolute atomic E-state index is 12.3. The second kappa shape index (κ2) is 4.40. The van der Waals surface area contributed by atoms with Crippen molar-refractivity contribution in [2.24, 2.45) is 4.99 Å². The number of fused-ring (bicyclic) bond motifs is 1. The Morgan fingerprint density at radius 2 is 2.00 bits per heavy atom. The number of benzene rings is 1. The highest BCUT2D eigenvalue weighted by molar-refractivity contribution is 8.14. The zero-order valence-corrected chi connectivity index (χ0v) is 10.9. The number of rotatable bonds is 1. The van der Waals surface area contributed by atoms with Gasteiger partial charge in [0.2, 0.25) is 5.91 Å². The third-order valence-corrected chi connectivity index (χ3v) is 4.15. The van der Waals surface area contributed by atoms with Gasteiger partial charge >= 0.3 is 0 Å². The summed E-state index contributed by atoms with van der Waals surface area (Å²) in [6.07, 6.45) is 0. The number of halogens is 1. The molecule has 1 atom stereocenters. The fourth-order valence-electron chi connectivity index (χ4n) is 2.06. The molecule has 0 bridgehead atoms. The summed E-state index contributed by atoms with van der Waals surface area (Å²) < 4.78 is 0. The van der Waals surface area contributed by atoms with E-state index in [1.54, 1.807) is 29.2 Å². The Morgan fingerprint density at radius 3 is 2.72 bits per heavy atom. The molecule has 1 unspecified atom stereocenters. The van der Waals surface area contributed by atoms with Gasteiger partial charge in [-0.3, -0.25) is 14.5 Å². The van der Waals surface area contributed by atoms with Crippen molar-refractivity contribution in [3.8, 4) is 0 Å². The van der Waals surface area contributed by atoms with Gasteiger partial charge in [0.15, 0.2) is 5.17 Å². The number of aliphatic imine (C=N–C) groups is 1. The monoisotopic (exact) mass is 280 g/mol. The molecule has 18 heavy (non-hydrogen) atoms. The molecular weight excluding hydrogens is 272 g/mol. The Kier molecular flexibility index (Phi) is 2.87. The summed E-state index contributed by atoms with van der Waals surface area (Å²) in [5.74, 6) is -0.587. The normalized spacial score (nSPS) is 23.1. The van der Waals surface area contributed by atoms with Gasteiger partial charge in [-0.1, -0.05) is 35.5 Å². The maximum atomic E-state index is 12.3. The van der Waals surface area contributed by atoms with Gasteiger partial charge in [-0.25, -0.2) is 0 Å². The molecule has 0 saturated carbocycles. The van der Waals surface area contributed by atoms with Crippen molar-refractivity contribution in [1.29, 1.82) is 0 Å². The summed E-state index contributed by atoms with van der Waals surface area (Å²) in [5.41, 5.74) is 0.647. The molecular formula is C12H9ClN2O2S. The molecule has 0 radical (unpaired) electrons. The first-order valence-corrected chi connectivity index (χ1v) is 6.85. The molecule has 1 fully saturated rings. The molecule has 1 aromatic rings. The van der Waals surface area contributed by atoms with E-state index in [0.29, 0.717) is 22.3 Å². The Labute approximate surface area is 113 Å². The van der Waals surface area contributed by atoms with E-state index in [4.69, 9.17) is 11.6 Å². The first kappa shape index (κ1) is 11.7. The van der Waals surface area contributed by atoms with Crippen LogP contribution in [0.15, 0.2) is 29.3 Å². The highest BCUT2D eigenvalue weighted by Crippen LogP contribution is 2.31. The number of thioether (sulfide) groups is 1. The van der Waals surface area contributed by atoms with Crippen LogP contribution >= 0.6 is 23.4 Å². The molecule has 2 amide bonds. The van der Waals surface area contributed by atoms with E-state index in [1.807, 2.05) is 0 Å². The average Bonchev–Trinajstić information content (AvgIpc) is 2.80. The van der Waals surface area contributed by atoms with E-state index < -0.39 is 5.92 Å². The summed E-state index contributed by atoms with van der Waals surface area (Å²) in [7, 11) is 0. The summed E-state index contributed by atoms with van der Waals surface area (Å²) in [6.45, 7) is 0.625. The van der Waals surface area contributed by atoms with Crippen LogP contribution in [0.4, 0.5) is 0 Å². The second-order valence-corrected chi connectivity index (χ2v) is 5.55. The van der Waals surface area contributed by atoms with Crippen molar-refractivity contribution in [2.75, 3.05) is 12.3 Å². The standard InChI is InChI=1S/C12H9ClN2O2S/c13-8-3-1-7(2-4-8)9-10(16)14-12-15(11(9)17)5-6-18-12/h1-4,9H,5-6H2. The van der Waals surface area contributed by atoms with Gasteiger partial charge in [0.05, 0.1) is 0 Å². The van der Waals surface area contributed by atoms with Crippen molar-refractivity contribution in [1.82, 2.24) is 4.90 Å². The lowest BCUT2D eigenvalue weighted by atomic mass is 9.96. The lowest BCUT2D eigenvalue weighted by molar-refractivity contribution is -0.135. The van der Waals surface area contributed by atoms with Crippen molar-refractivity contribution in [2.45, 2.75) is 5.92 Å². The minimum Gasteiger partial charge on any atom is -0.289 e. The molecule has 6 heteroatoms. The van der Waals surface area contributed by atoms with Crippen molar-refractivity contribution in [3.05, 3.63) is 34.9 Å². The number of amides is 2. The van der Waals surface area contributed by atoms with Crippen LogP contribution in [0, 0.1) is 0 Å². The fourth-order valence-corrected chi connectivity index (χ4v) is 3.13. The molecule has 0 N–H and O–H groups in total. The smallest absolute Gasteiger partial charge is 0.265 e. The molecule has 2 aliphatic rings. The quantitative estimate of drug-likeness (QED) is 0.738. The van der Waals surface area contributed by atoms with Gasteiger partial charge in [-0.2, -0.15) is 4.99 Å². The first-order valence-electron chi connectivity index (χ1n) is 5.49. The average molecular weight is 281 g/mol. The van der Waals surface area contributed by atoms with Crippen LogP contribution in [0.1, 0.15) is 11.5 Å². The molecule has 0 aliphatic carbocycles. The molecule has 4 nitrogen and oxygen atoms in total. The minimum absolute atomic E-state index is 0.183. The van der Waals surface area contributed by atoms with Crippen LogP contribution in [0.5, 0.6) is 0 Å². The first-order chi connectivity index (χ1) is 8.66. The Bertz CT molecular complexity index is 556. The number of carbonyl (C=O) groups excluding carboxylic acids is 2. The van der Waals surface area contributed by atoms with Crippen molar-refractivity contribution in [3.63, 3.8) is 0 Å². The van der Waals surface area contributed by atoms with Crippen LogP contribution in [0.3, 0.4) is 0 Å². The molecule has 2 heterocycles. The lowest BCUT2D eigenvalue weighted by Crippen LogP contribution is -2.42. The fraction of sp³-hybridized carbons (Fsp3) is 0.250. The molecule has 1 saturated heterocycles. The van der Waals surface area contributed by atoms with Gasteiger partial charge in [0.25, 0.3) is 5.91 Å². The van der Waals surface area contributed by atoms with Gasteiger partial charge in [0, 0.05) is 17.3 Å². The number of amidine groups is 1. The van der Waals surface area contributed by atoms with E-state index in [1.165, 1.54) is 11.8 Å². The molecule has 1 aromatic carbocycles. The van der Waals surface area contributed by atoms with Crippen molar-refractivity contribution < 1.29 is 9.59 Å². The van der Waals surface area contributed by atoms with Gasteiger partial charge < -0.3 is 0 Å². The second-order valence-electron chi connectivity index (χ2n) is 4.06. The summed E-state index contributed by atoms with van der Waals surface area (Å²) in [6, 6.07) is 6.75. The van der Waals surface area contributed by atoms with Gasteiger partial charge in [0.1, 0.15) is 5.92 Å². The predicted molar refractivity (Wildman–Crippen MR) is 70.8 cm³/mol. The van der Waals surface area contributed by atoms with Crippen LogP contribution in [-0.4, -0.2) is 34.2 Å². The van der Waals surface area contributed by atoms with E-state index in [-0.39, 0.29) is 11.8 Å². The number of nitrogens with zero attached hydrogens (tertiary/aromatic N) is 2. The maximum Gasteiger partial charge on any atom is 0.265 e. The van der Waals surface area contributed by atoms with Crippen molar-refractivity contribution >= 4 is 40.3 Å². The van der Waals surface area contributed by atoms with Crippen LogP contribution in [-0.2, 0) is 9.59 Å². The highest BCUT2D eigenvalue weighted by Gasteiger charge is 2.40. The van der Waals surface area contributed by atoms with Gasteiger partial charge in [-0.05, 0) is 17.7 Å². The van der Waals surface area contributed by atoms with Gasteiger partial charge in [-0.15, -0.1) is 0 Å². The third-order valence-electron chi connectivity index (χ3n) is 2.95. The number of hydrogen-bond donors (Lipinski definition) is 0. The number of carbonyl (C=O) groups is 2. The minimum atomic E-state index is -0.815. The predicted octanol–water partition coefficient (Wildman–Crippen LogP) is 1.90. The topological polar surface area (TPSA) is 49.7 Å². The largest absolute Gasteiger partial charge is 0.289 e. The van der Waals surface area contributed by atoms with Crippen LogP contribution in [0.2, 0.25) is 5.02 Å². The Hall–Kier alpha value is -1.33. The molecule has 2 aliphatic heterocycles. The zero-order valence-electron chi connectivity index (χ0n) is 9.30. The van der Waals surface area contributed by atoms with E-state index >= 15 is 0 Å².